The highest BCUT2D eigenvalue weighted by Gasteiger charge is 2.25. The van der Waals surface area contributed by atoms with E-state index in [1.165, 1.54) is 0 Å². The standard InChI is InChI=1S/C18H24N2O3/c1-4-12(3)17(18(22)23)19-16(21)10-13-11-20(5-2)15-9-7-6-8-14(13)15/h6-9,11-12,17H,4-5,10H2,1-3H3,(H,19,21)(H,22,23)/t12-,17-/m0/s1. The third-order valence-corrected chi connectivity index (χ3v) is 4.36. The van der Waals surface area contributed by atoms with Crippen LogP contribution in [-0.2, 0) is 22.6 Å². The number of aliphatic carboxylic acids is 1. The molecule has 1 heterocycles. The van der Waals surface area contributed by atoms with E-state index in [-0.39, 0.29) is 18.2 Å². The minimum Gasteiger partial charge on any atom is -0.480 e. The molecule has 23 heavy (non-hydrogen) atoms. The van der Waals surface area contributed by atoms with Crippen LogP contribution in [0.15, 0.2) is 30.5 Å². The lowest BCUT2D eigenvalue weighted by Gasteiger charge is -2.20. The number of carbonyl (C=O) groups excluding carboxylic acids is 1. The summed E-state index contributed by atoms with van der Waals surface area (Å²) < 4.78 is 2.10. The third-order valence-electron chi connectivity index (χ3n) is 4.36. The highest BCUT2D eigenvalue weighted by Crippen LogP contribution is 2.22. The first-order valence-corrected chi connectivity index (χ1v) is 8.06. The summed E-state index contributed by atoms with van der Waals surface area (Å²) in [6.45, 7) is 6.64. The Hall–Kier alpha value is -2.30. The van der Waals surface area contributed by atoms with E-state index in [4.69, 9.17) is 0 Å². The Morgan fingerprint density at radius 2 is 1.96 bits per heavy atom. The molecule has 0 aliphatic rings. The van der Waals surface area contributed by atoms with Crippen molar-refractivity contribution in [2.24, 2.45) is 5.92 Å². The molecule has 0 unspecified atom stereocenters. The van der Waals surface area contributed by atoms with Crippen LogP contribution in [0.5, 0.6) is 0 Å². The highest BCUT2D eigenvalue weighted by molar-refractivity contribution is 5.91. The molecule has 0 aliphatic heterocycles. The SMILES string of the molecule is CC[C@H](C)[C@H](NC(=O)Cc1cn(CC)c2ccccc12)C(=O)O. The fraction of sp³-hybridized carbons (Fsp3) is 0.444. The summed E-state index contributed by atoms with van der Waals surface area (Å²) in [7, 11) is 0. The molecule has 0 radical (unpaired) electrons. The van der Waals surface area contributed by atoms with Crippen molar-refractivity contribution in [2.45, 2.75) is 46.2 Å². The molecule has 0 spiro atoms. The van der Waals surface area contributed by atoms with Gasteiger partial charge in [0, 0.05) is 23.6 Å². The van der Waals surface area contributed by atoms with Crippen LogP contribution in [0.1, 0.15) is 32.8 Å². The van der Waals surface area contributed by atoms with Gasteiger partial charge in [-0.15, -0.1) is 0 Å². The van der Waals surface area contributed by atoms with Crippen LogP contribution in [0.2, 0.25) is 0 Å². The first-order chi connectivity index (χ1) is 11.0. The van der Waals surface area contributed by atoms with Crippen LogP contribution in [-0.4, -0.2) is 27.6 Å². The Morgan fingerprint density at radius 1 is 1.26 bits per heavy atom. The number of carboxylic acid groups (broad SMARTS) is 1. The molecule has 1 aromatic carbocycles. The van der Waals surface area contributed by atoms with Gasteiger partial charge >= 0.3 is 5.97 Å². The summed E-state index contributed by atoms with van der Waals surface area (Å²) in [6, 6.07) is 7.10. The zero-order chi connectivity index (χ0) is 17.0. The van der Waals surface area contributed by atoms with E-state index in [0.29, 0.717) is 6.42 Å². The highest BCUT2D eigenvalue weighted by atomic mass is 16.4. The first kappa shape index (κ1) is 17.1. The predicted octanol–water partition coefficient (Wildman–Crippen LogP) is 2.82. The average molecular weight is 316 g/mol. The molecule has 1 aromatic heterocycles. The Labute approximate surface area is 136 Å². The molecule has 5 nitrogen and oxygen atoms in total. The molecule has 0 aliphatic carbocycles. The van der Waals surface area contributed by atoms with Crippen LogP contribution in [0, 0.1) is 5.92 Å². The van der Waals surface area contributed by atoms with Crippen LogP contribution >= 0.6 is 0 Å². The van der Waals surface area contributed by atoms with Gasteiger partial charge in [-0.1, -0.05) is 38.5 Å². The molecule has 1 amide bonds. The number of benzene rings is 1. The molecular formula is C18H24N2O3. The third kappa shape index (κ3) is 3.73. The minimum atomic E-state index is -0.983. The number of hydrogen-bond acceptors (Lipinski definition) is 2. The van der Waals surface area contributed by atoms with Crippen molar-refractivity contribution in [3.05, 3.63) is 36.0 Å². The monoisotopic (exact) mass is 316 g/mol. The molecule has 0 bridgehead atoms. The summed E-state index contributed by atoms with van der Waals surface area (Å²) in [6.07, 6.45) is 2.86. The minimum absolute atomic E-state index is 0.103. The number of hydrogen-bond donors (Lipinski definition) is 2. The van der Waals surface area contributed by atoms with Crippen molar-refractivity contribution in [1.82, 2.24) is 9.88 Å². The number of nitrogens with zero attached hydrogens (tertiary/aromatic N) is 1. The van der Waals surface area contributed by atoms with Gasteiger partial charge in [0.1, 0.15) is 6.04 Å². The normalized spacial score (nSPS) is 13.7. The number of fused-ring (bicyclic) bond motifs is 1. The molecule has 0 fully saturated rings. The van der Waals surface area contributed by atoms with Gasteiger partial charge in [0.15, 0.2) is 0 Å². The summed E-state index contributed by atoms with van der Waals surface area (Å²) in [5, 5.41) is 13.0. The first-order valence-electron chi connectivity index (χ1n) is 8.06. The molecule has 2 atom stereocenters. The molecule has 2 rings (SSSR count). The number of carbonyl (C=O) groups is 2. The molecule has 2 N–H and O–H groups in total. The second-order valence-corrected chi connectivity index (χ2v) is 5.90. The lowest BCUT2D eigenvalue weighted by Crippen LogP contribution is -2.45. The van der Waals surface area contributed by atoms with Crippen molar-refractivity contribution in [3.63, 3.8) is 0 Å². The summed E-state index contributed by atoms with van der Waals surface area (Å²) in [5.74, 6) is -1.34. The van der Waals surface area contributed by atoms with Gasteiger partial charge < -0.3 is 15.0 Å². The molecular weight excluding hydrogens is 292 g/mol. The fourth-order valence-electron chi connectivity index (χ4n) is 2.81. The maximum Gasteiger partial charge on any atom is 0.326 e. The lowest BCUT2D eigenvalue weighted by atomic mass is 9.99. The van der Waals surface area contributed by atoms with Crippen molar-refractivity contribution >= 4 is 22.8 Å². The van der Waals surface area contributed by atoms with E-state index in [9.17, 15) is 14.7 Å². The Morgan fingerprint density at radius 3 is 2.57 bits per heavy atom. The fourth-order valence-corrected chi connectivity index (χ4v) is 2.81. The summed E-state index contributed by atoms with van der Waals surface area (Å²) in [5.41, 5.74) is 2.02. The smallest absolute Gasteiger partial charge is 0.326 e. The van der Waals surface area contributed by atoms with E-state index in [1.807, 2.05) is 44.3 Å². The number of para-hydroxylation sites is 1. The van der Waals surface area contributed by atoms with Crippen molar-refractivity contribution in [1.29, 1.82) is 0 Å². The van der Waals surface area contributed by atoms with Gasteiger partial charge in [-0.25, -0.2) is 4.79 Å². The van der Waals surface area contributed by atoms with E-state index < -0.39 is 12.0 Å². The van der Waals surface area contributed by atoms with Gasteiger partial charge in [0.2, 0.25) is 5.91 Å². The molecule has 0 saturated carbocycles. The Kier molecular flexibility index (Phi) is 5.42. The van der Waals surface area contributed by atoms with Crippen molar-refractivity contribution in [2.75, 3.05) is 0 Å². The zero-order valence-corrected chi connectivity index (χ0v) is 13.9. The quantitative estimate of drug-likeness (QED) is 0.825. The average Bonchev–Trinajstić information content (AvgIpc) is 2.89. The van der Waals surface area contributed by atoms with E-state index >= 15 is 0 Å². The molecule has 0 saturated heterocycles. The van der Waals surface area contributed by atoms with Crippen LogP contribution in [0.3, 0.4) is 0 Å². The predicted molar refractivity (Wildman–Crippen MR) is 90.3 cm³/mol. The van der Waals surface area contributed by atoms with E-state index in [2.05, 4.69) is 16.8 Å². The van der Waals surface area contributed by atoms with Gasteiger partial charge in [-0.3, -0.25) is 4.79 Å². The second kappa shape index (κ2) is 7.31. The molecule has 124 valence electrons. The number of nitrogens with one attached hydrogen (secondary N) is 1. The van der Waals surface area contributed by atoms with Crippen LogP contribution in [0.4, 0.5) is 0 Å². The Balaban J connectivity index is 2.19. The number of aromatic nitrogens is 1. The van der Waals surface area contributed by atoms with Crippen molar-refractivity contribution < 1.29 is 14.7 Å². The molecule has 2 aromatic rings. The second-order valence-electron chi connectivity index (χ2n) is 5.90. The maximum absolute atomic E-state index is 12.3. The number of amides is 1. The van der Waals surface area contributed by atoms with Crippen LogP contribution < -0.4 is 5.32 Å². The summed E-state index contributed by atoms with van der Waals surface area (Å²) in [4.78, 5) is 23.6. The van der Waals surface area contributed by atoms with E-state index in [1.54, 1.807) is 0 Å². The largest absolute Gasteiger partial charge is 0.480 e. The lowest BCUT2D eigenvalue weighted by molar-refractivity contribution is -0.143. The number of carboxylic acids is 1. The number of rotatable bonds is 7. The summed E-state index contributed by atoms with van der Waals surface area (Å²) >= 11 is 0. The van der Waals surface area contributed by atoms with E-state index in [0.717, 1.165) is 23.0 Å². The number of aryl methyl sites for hydroxylation is 1. The van der Waals surface area contributed by atoms with Gasteiger partial charge in [-0.2, -0.15) is 0 Å². The topological polar surface area (TPSA) is 71.3 Å². The molecule has 5 heteroatoms. The van der Waals surface area contributed by atoms with Gasteiger partial charge in [0.25, 0.3) is 0 Å². The zero-order valence-electron chi connectivity index (χ0n) is 13.9. The van der Waals surface area contributed by atoms with Crippen LogP contribution in [0.25, 0.3) is 10.9 Å². The Bertz CT molecular complexity index is 705. The maximum atomic E-state index is 12.3. The van der Waals surface area contributed by atoms with Gasteiger partial charge in [-0.05, 0) is 24.5 Å². The van der Waals surface area contributed by atoms with Crippen molar-refractivity contribution in [3.8, 4) is 0 Å². The van der Waals surface area contributed by atoms with Gasteiger partial charge in [0.05, 0.1) is 6.42 Å².